The van der Waals surface area contributed by atoms with Crippen molar-refractivity contribution in [2.75, 3.05) is 18.4 Å². The maximum atomic E-state index is 13.4. The molecule has 0 atom stereocenters. The highest BCUT2D eigenvalue weighted by Gasteiger charge is 2.34. The van der Waals surface area contributed by atoms with Gasteiger partial charge in [0.25, 0.3) is 0 Å². The average Bonchev–Trinajstić information content (AvgIpc) is 3.15. The highest BCUT2D eigenvalue weighted by Crippen LogP contribution is 2.32. The van der Waals surface area contributed by atoms with E-state index < -0.39 is 10.0 Å². The summed E-state index contributed by atoms with van der Waals surface area (Å²) in [5, 5.41) is 12.5. The molecule has 7 nitrogen and oxygen atoms in total. The lowest BCUT2D eigenvalue weighted by Crippen LogP contribution is -2.41. The number of piperidine rings is 1. The predicted molar refractivity (Wildman–Crippen MR) is 124 cm³/mol. The summed E-state index contributed by atoms with van der Waals surface area (Å²) in [6, 6.07) is 2.03. The Hall–Kier alpha value is -1.84. The number of carbonyl (C=O) groups is 1. The van der Waals surface area contributed by atoms with Crippen molar-refractivity contribution in [3.8, 4) is 0 Å². The van der Waals surface area contributed by atoms with E-state index in [4.69, 9.17) is 0 Å². The van der Waals surface area contributed by atoms with Gasteiger partial charge in [-0.15, -0.1) is 10.2 Å². The third kappa shape index (κ3) is 4.83. The van der Waals surface area contributed by atoms with Gasteiger partial charge >= 0.3 is 0 Å². The fourth-order valence-corrected chi connectivity index (χ4v) is 6.69. The smallest absolute Gasteiger partial charge is 0.243 e. The summed E-state index contributed by atoms with van der Waals surface area (Å²) in [4.78, 5) is 13.1. The molecule has 1 aliphatic rings. The number of carbonyl (C=O) groups excluding carboxylic acids is 1. The van der Waals surface area contributed by atoms with Crippen LogP contribution in [0, 0.1) is 33.6 Å². The summed E-state index contributed by atoms with van der Waals surface area (Å²) in [5.41, 5.74) is 3.43. The first-order valence-corrected chi connectivity index (χ1v) is 12.8. The maximum absolute atomic E-state index is 13.4. The molecule has 1 saturated heterocycles. The molecule has 0 bridgehead atoms. The first kappa shape index (κ1) is 23.8. The Morgan fingerprint density at radius 1 is 1.06 bits per heavy atom. The maximum Gasteiger partial charge on any atom is 0.243 e. The molecule has 1 fully saturated rings. The molecular formula is C22H32N4O3S2. The van der Waals surface area contributed by atoms with Crippen molar-refractivity contribution in [2.24, 2.45) is 5.92 Å². The van der Waals surface area contributed by atoms with Crippen molar-refractivity contribution < 1.29 is 13.2 Å². The average molecular weight is 465 g/mol. The minimum atomic E-state index is -3.61. The number of aromatic nitrogens is 2. The van der Waals surface area contributed by atoms with Crippen molar-refractivity contribution in [1.29, 1.82) is 0 Å². The number of nitrogens with one attached hydrogen (secondary N) is 1. The van der Waals surface area contributed by atoms with Gasteiger partial charge in [0.05, 0.1) is 4.90 Å². The second-order valence-electron chi connectivity index (χ2n) is 9.42. The second-order valence-corrected chi connectivity index (χ2v) is 12.3. The molecule has 170 valence electrons. The largest absolute Gasteiger partial charge is 0.300 e. The predicted octanol–water partition coefficient (Wildman–Crippen LogP) is 4.11. The molecule has 1 aliphatic heterocycles. The fourth-order valence-electron chi connectivity index (χ4n) is 3.84. The third-order valence-corrected chi connectivity index (χ3v) is 9.45. The van der Waals surface area contributed by atoms with E-state index in [1.165, 1.54) is 15.6 Å². The SMILES string of the molecule is Cc1cc(C)c(C)c(S(=O)(=O)N2CCC(C(=O)Nc3nnc(C(C)(C)C)s3)CC2)c1C. The fraction of sp³-hybridized carbons (Fsp3) is 0.591. The zero-order valence-electron chi connectivity index (χ0n) is 19.4. The van der Waals surface area contributed by atoms with E-state index in [1.54, 1.807) is 0 Å². The molecule has 2 aromatic rings. The number of hydrogen-bond donors (Lipinski definition) is 1. The van der Waals surface area contributed by atoms with Gasteiger partial charge in [-0.25, -0.2) is 8.42 Å². The van der Waals surface area contributed by atoms with Crippen LogP contribution in [0.1, 0.15) is 60.9 Å². The van der Waals surface area contributed by atoms with Gasteiger partial charge in [-0.2, -0.15) is 4.31 Å². The summed E-state index contributed by atoms with van der Waals surface area (Å²) in [5.74, 6) is -0.359. The van der Waals surface area contributed by atoms with Crippen LogP contribution in [0.3, 0.4) is 0 Å². The number of anilines is 1. The quantitative estimate of drug-likeness (QED) is 0.735. The first-order chi connectivity index (χ1) is 14.3. The lowest BCUT2D eigenvalue weighted by Gasteiger charge is -2.31. The molecule has 0 unspecified atom stereocenters. The number of nitrogens with zero attached hydrogens (tertiary/aromatic N) is 3. The van der Waals surface area contributed by atoms with Gasteiger partial charge in [-0.3, -0.25) is 4.79 Å². The van der Waals surface area contributed by atoms with E-state index in [9.17, 15) is 13.2 Å². The normalized spacial score (nSPS) is 16.5. The molecule has 0 radical (unpaired) electrons. The summed E-state index contributed by atoms with van der Waals surface area (Å²) in [6.07, 6.45) is 0.970. The van der Waals surface area contributed by atoms with Crippen LogP contribution in [-0.2, 0) is 20.2 Å². The van der Waals surface area contributed by atoms with Crippen LogP contribution in [0.2, 0.25) is 0 Å². The molecule has 3 rings (SSSR count). The van der Waals surface area contributed by atoms with E-state index in [0.717, 1.165) is 27.3 Å². The highest BCUT2D eigenvalue weighted by molar-refractivity contribution is 7.89. The Kier molecular flexibility index (Phi) is 6.60. The summed E-state index contributed by atoms with van der Waals surface area (Å²) in [7, 11) is -3.61. The third-order valence-electron chi connectivity index (χ3n) is 6.02. The number of aryl methyl sites for hydroxylation is 2. The number of hydrogen-bond acceptors (Lipinski definition) is 6. The van der Waals surface area contributed by atoms with Gasteiger partial charge in [-0.05, 0) is 62.8 Å². The molecule has 0 saturated carbocycles. The zero-order chi connectivity index (χ0) is 23.1. The van der Waals surface area contributed by atoms with E-state index in [-0.39, 0.29) is 17.2 Å². The van der Waals surface area contributed by atoms with Gasteiger partial charge in [-0.1, -0.05) is 38.2 Å². The molecule has 1 aromatic carbocycles. The van der Waals surface area contributed by atoms with Crippen molar-refractivity contribution in [1.82, 2.24) is 14.5 Å². The van der Waals surface area contributed by atoms with Gasteiger partial charge in [0.2, 0.25) is 21.1 Å². The van der Waals surface area contributed by atoms with Gasteiger partial charge in [0.1, 0.15) is 5.01 Å². The summed E-state index contributed by atoms with van der Waals surface area (Å²) >= 11 is 1.38. The molecule has 0 spiro atoms. The standard InChI is InChI=1S/C22H32N4O3S2/c1-13-12-14(2)16(4)18(15(13)3)31(28,29)26-10-8-17(9-11-26)19(27)23-21-25-24-20(30-21)22(5,6)7/h12,17H,8-11H2,1-7H3,(H,23,25,27). The van der Waals surface area contributed by atoms with Crippen LogP contribution in [-0.4, -0.2) is 41.9 Å². The van der Waals surface area contributed by atoms with Crippen LogP contribution in [0.15, 0.2) is 11.0 Å². The molecule has 1 amide bonds. The van der Waals surface area contributed by atoms with E-state index in [2.05, 4.69) is 36.3 Å². The van der Waals surface area contributed by atoms with E-state index in [0.29, 0.717) is 36.0 Å². The highest BCUT2D eigenvalue weighted by atomic mass is 32.2. The Morgan fingerprint density at radius 3 is 2.10 bits per heavy atom. The van der Waals surface area contributed by atoms with Crippen LogP contribution < -0.4 is 5.32 Å². The van der Waals surface area contributed by atoms with E-state index >= 15 is 0 Å². The summed E-state index contributed by atoms with van der Waals surface area (Å²) in [6.45, 7) is 14.4. The molecule has 1 N–H and O–H groups in total. The number of rotatable bonds is 4. The Bertz CT molecular complexity index is 1070. The zero-order valence-corrected chi connectivity index (χ0v) is 21.0. The Balaban J connectivity index is 1.69. The van der Waals surface area contributed by atoms with Gasteiger partial charge in [0.15, 0.2) is 0 Å². The minimum Gasteiger partial charge on any atom is -0.300 e. The van der Waals surface area contributed by atoms with Gasteiger partial charge < -0.3 is 5.32 Å². The summed E-state index contributed by atoms with van der Waals surface area (Å²) < 4.78 is 28.3. The number of sulfonamides is 1. The molecule has 9 heteroatoms. The van der Waals surface area contributed by atoms with E-state index in [1.807, 2.05) is 33.8 Å². The lowest BCUT2D eigenvalue weighted by atomic mass is 9.97. The Morgan fingerprint density at radius 2 is 1.61 bits per heavy atom. The van der Waals surface area contributed by atoms with Crippen molar-refractivity contribution in [2.45, 2.75) is 71.6 Å². The second kappa shape index (κ2) is 8.60. The first-order valence-electron chi connectivity index (χ1n) is 10.5. The van der Waals surface area contributed by atoms with Crippen LogP contribution in [0.25, 0.3) is 0 Å². The van der Waals surface area contributed by atoms with Gasteiger partial charge in [0, 0.05) is 24.4 Å². The Labute approximate surface area is 189 Å². The molecular weight excluding hydrogens is 432 g/mol. The van der Waals surface area contributed by atoms with Crippen LogP contribution in [0.4, 0.5) is 5.13 Å². The minimum absolute atomic E-state index is 0.118. The number of amides is 1. The van der Waals surface area contributed by atoms with Crippen molar-refractivity contribution in [3.63, 3.8) is 0 Å². The topological polar surface area (TPSA) is 92.3 Å². The number of benzene rings is 1. The molecule has 2 heterocycles. The molecule has 1 aromatic heterocycles. The van der Waals surface area contributed by atoms with Crippen LogP contribution >= 0.6 is 11.3 Å². The lowest BCUT2D eigenvalue weighted by molar-refractivity contribution is -0.120. The van der Waals surface area contributed by atoms with Crippen LogP contribution in [0.5, 0.6) is 0 Å². The van der Waals surface area contributed by atoms with Crippen molar-refractivity contribution >= 4 is 32.4 Å². The molecule has 0 aliphatic carbocycles. The molecule has 31 heavy (non-hydrogen) atoms. The van der Waals surface area contributed by atoms with Crippen molar-refractivity contribution in [3.05, 3.63) is 33.3 Å². The monoisotopic (exact) mass is 464 g/mol.